The van der Waals surface area contributed by atoms with E-state index in [9.17, 15) is 9.59 Å². The minimum atomic E-state index is -0.925. The quantitative estimate of drug-likeness (QED) is 0.822. The Morgan fingerprint density at radius 1 is 1.38 bits per heavy atom. The molecule has 1 fully saturated rings. The molecule has 0 saturated carbocycles. The highest BCUT2D eigenvalue weighted by Crippen LogP contribution is 2.17. The van der Waals surface area contributed by atoms with E-state index in [0.717, 1.165) is 24.1 Å². The average Bonchev–Trinajstić information content (AvgIpc) is 3.30. The van der Waals surface area contributed by atoms with Crippen LogP contribution in [0.15, 0.2) is 36.7 Å². The molecule has 0 radical (unpaired) electrons. The summed E-state index contributed by atoms with van der Waals surface area (Å²) in [6.45, 7) is 3.23. The fraction of sp³-hybridized carbons (Fsp3) is 0.421. The van der Waals surface area contributed by atoms with E-state index in [1.165, 1.54) is 6.20 Å². The topological polar surface area (TPSA) is 84.7 Å². The second kappa shape index (κ2) is 8.14. The zero-order valence-corrected chi connectivity index (χ0v) is 14.8. The van der Waals surface area contributed by atoms with E-state index in [0.29, 0.717) is 18.7 Å². The molecule has 138 valence electrons. The van der Waals surface area contributed by atoms with Crippen molar-refractivity contribution in [1.29, 1.82) is 0 Å². The highest BCUT2D eigenvalue weighted by Gasteiger charge is 2.25. The maximum Gasteiger partial charge on any atom is 0.305 e. The minimum Gasteiger partial charge on any atom is -0.481 e. The third kappa shape index (κ3) is 4.29. The maximum atomic E-state index is 12.9. The van der Waals surface area contributed by atoms with Gasteiger partial charge in [0.15, 0.2) is 0 Å². The van der Waals surface area contributed by atoms with E-state index in [-0.39, 0.29) is 25.0 Å². The number of hydrogen-bond donors (Lipinski definition) is 1. The molecule has 1 amide bonds. The molecular formula is C19H23N3O4. The van der Waals surface area contributed by atoms with Crippen LogP contribution < -0.4 is 0 Å². The highest BCUT2D eigenvalue weighted by molar-refractivity contribution is 5.94. The first-order chi connectivity index (χ1) is 12.5. The number of nitrogens with zero attached hydrogens (tertiary/aromatic N) is 3. The lowest BCUT2D eigenvalue weighted by atomic mass is 10.2. The average molecular weight is 357 g/mol. The Balaban J connectivity index is 1.77. The summed E-state index contributed by atoms with van der Waals surface area (Å²) in [6.07, 6.45) is 4.95. The molecule has 26 heavy (non-hydrogen) atoms. The standard InChI is InChI=1S/C19H23N3O4/c1-14-5-2-3-7-17(14)22-12-15(11-20-22)19(25)21(9-8-18(23)24)13-16-6-4-10-26-16/h2-3,5,7,11-12,16H,4,6,8-10,13H2,1H3,(H,23,24). The summed E-state index contributed by atoms with van der Waals surface area (Å²) in [5, 5.41) is 13.3. The zero-order valence-electron chi connectivity index (χ0n) is 14.8. The molecule has 2 heterocycles. The summed E-state index contributed by atoms with van der Waals surface area (Å²) in [5.74, 6) is -1.15. The monoisotopic (exact) mass is 357 g/mol. The number of ether oxygens (including phenoxy) is 1. The van der Waals surface area contributed by atoms with Gasteiger partial charge >= 0.3 is 5.97 Å². The van der Waals surface area contributed by atoms with Gasteiger partial charge in [-0.2, -0.15) is 5.10 Å². The number of aromatic nitrogens is 2. The molecule has 2 aromatic rings. The molecule has 0 bridgehead atoms. The Morgan fingerprint density at radius 2 is 2.19 bits per heavy atom. The van der Waals surface area contributed by atoms with Crippen LogP contribution >= 0.6 is 0 Å². The summed E-state index contributed by atoms with van der Waals surface area (Å²) in [4.78, 5) is 25.4. The summed E-state index contributed by atoms with van der Waals surface area (Å²) >= 11 is 0. The van der Waals surface area contributed by atoms with Crippen molar-refractivity contribution >= 4 is 11.9 Å². The number of aryl methyl sites for hydroxylation is 1. The number of para-hydroxylation sites is 1. The van der Waals surface area contributed by atoms with E-state index in [2.05, 4.69) is 5.10 Å². The lowest BCUT2D eigenvalue weighted by Gasteiger charge is -2.24. The first-order valence-corrected chi connectivity index (χ1v) is 8.78. The molecule has 1 atom stereocenters. The van der Waals surface area contributed by atoms with Crippen LogP contribution in [0, 0.1) is 6.92 Å². The zero-order chi connectivity index (χ0) is 18.5. The normalized spacial score (nSPS) is 16.6. The molecule has 1 unspecified atom stereocenters. The number of hydrogen-bond acceptors (Lipinski definition) is 4. The molecule has 7 heteroatoms. The van der Waals surface area contributed by atoms with Crippen molar-refractivity contribution < 1.29 is 19.4 Å². The molecule has 1 aliphatic rings. The molecule has 1 N–H and O–H groups in total. The van der Waals surface area contributed by atoms with Crippen LogP contribution in [0.25, 0.3) is 5.69 Å². The maximum absolute atomic E-state index is 12.9. The number of amides is 1. The first-order valence-electron chi connectivity index (χ1n) is 8.78. The first kappa shape index (κ1) is 18.1. The molecule has 1 aliphatic heterocycles. The number of carbonyl (C=O) groups is 2. The number of benzene rings is 1. The number of carbonyl (C=O) groups excluding carboxylic acids is 1. The molecule has 1 saturated heterocycles. The lowest BCUT2D eigenvalue weighted by molar-refractivity contribution is -0.137. The molecule has 3 rings (SSSR count). The van der Waals surface area contributed by atoms with Crippen LogP contribution in [0.4, 0.5) is 0 Å². The minimum absolute atomic E-state index is 0.0286. The summed E-state index contributed by atoms with van der Waals surface area (Å²) in [5.41, 5.74) is 2.40. The summed E-state index contributed by atoms with van der Waals surface area (Å²) in [6, 6.07) is 7.78. The SMILES string of the molecule is Cc1ccccc1-n1cc(C(=O)N(CCC(=O)O)CC2CCCO2)cn1. The highest BCUT2D eigenvalue weighted by atomic mass is 16.5. The van der Waals surface area contributed by atoms with Crippen molar-refractivity contribution in [3.63, 3.8) is 0 Å². The van der Waals surface area contributed by atoms with Crippen LogP contribution in [-0.2, 0) is 9.53 Å². The lowest BCUT2D eigenvalue weighted by Crippen LogP contribution is -2.38. The van der Waals surface area contributed by atoms with E-state index in [1.54, 1.807) is 15.8 Å². The van der Waals surface area contributed by atoms with Gasteiger partial charge in [0.2, 0.25) is 0 Å². The van der Waals surface area contributed by atoms with Gasteiger partial charge < -0.3 is 14.7 Å². The molecular weight excluding hydrogens is 334 g/mol. The third-order valence-electron chi connectivity index (χ3n) is 4.52. The van der Waals surface area contributed by atoms with Crippen molar-refractivity contribution in [3.05, 3.63) is 47.8 Å². The van der Waals surface area contributed by atoms with E-state index in [4.69, 9.17) is 9.84 Å². The van der Waals surface area contributed by atoms with Crippen molar-refractivity contribution in [2.45, 2.75) is 32.3 Å². The predicted octanol–water partition coefficient (Wildman–Crippen LogP) is 2.28. The molecule has 0 spiro atoms. The Labute approximate surface area is 152 Å². The van der Waals surface area contributed by atoms with Gasteiger partial charge in [0.25, 0.3) is 5.91 Å². The van der Waals surface area contributed by atoms with Gasteiger partial charge in [0.05, 0.1) is 30.0 Å². The van der Waals surface area contributed by atoms with Crippen molar-refractivity contribution in [3.8, 4) is 5.69 Å². The predicted molar refractivity (Wildman–Crippen MR) is 95.4 cm³/mol. The Bertz CT molecular complexity index is 781. The van der Waals surface area contributed by atoms with Gasteiger partial charge in [-0.1, -0.05) is 18.2 Å². The molecule has 1 aromatic heterocycles. The summed E-state index contributed by atoms with van der Waals surface area (Å²) < 4.78 is 7.28. The van der Waals surface area contributed by atoms with E-state index >= 15 is 0 Å². The second-order valence-corrected chi connectivity index (χ2v) is 6.49. The largest absolute Gasteiger partial charge is 0.481 e. The van der Waals surface area contributed by atoms with E-state index in [1.807, 2.05) is 31.2 Å². The Kier molecular flexibility index (Phi) is 5.68. The Morgan fingerprint density at radius 3 is 2.88 bits per heavy atom. The fourth-order valence-electron chi connectivity index (χ4n) is 3.11. The van der Waals surface area contributed by atoms with Crippen molar-refractivity contribution in [1.82, 2.24) is 14.7 Å². The molecule has 1 aromatic carbocycles. The van der Waals surface area contributed by atoms with Crippen LogP contribution in [0.3, 0.4) is 0 Å². The third-order valence-corrected chi connectivity index (χ3v) is 4.52. The van der Waals surface area contributed by atoms with Crippen LogP contribution in [0.5, 0.6) is 0 Å². The number of rotatable bonds is 7. The summed E-state index contributed by atoms with van der Waals surface area (Å²) in [7, 11) is 0. The van der Waals surface area contributed by atoms with Gasteiger partial charge in [0.1, 0.15) is 0 Å². The van der Waals surface area contributed by atoms with Gasteiger partial charge in [-0.25, -0.2) is 4.68 Å². The van der Waals surface area contributed by atoms with Crippen molar-refractivity contribution in [2.75, 3.05) is 19.7 Å². The number of carboxylic acid groups (broad SMARTS) is 1. The van der Waals surface area contributed by atoms with Crippen molar-refractivity contribution in [2.24, 2.45) is 0 Å². The second-order valence-electron chi connectivity index (χ2n) is 6.49. The fourth-order valence-corrected chi connectivity index (χ4v) is 3.11. The van der Waals surface area contributed by atoms with Crippen LogP contribution in [0.2, 0.25) is 0 Å². The van der Waals surface area contributed by atoms with E-state index < -0.39 is 5.97 Å². The van der Waals surface area contributed by atoms with Gasteiger partial charge in [-0.3, -0.25) is 9.59 Å². The van der Waals surface area contributed by atoms with Crippen LogP contribution in [0.1, 0.15) is 35.2 Å². The smallest absolute Gasteiger partial charge is 0.305 e. The Hall–Kier alpha value is -2.67. The van der Waals surface area contributed by atoms with Gasteiger partial charge in [-0.15, -0.1) is 0 Å². The van der Waals surface area contributed by atoms with Gasteiger partial charge in [0, 0.05) is 25.9 Å². The number of carboxylic acids is 1. The number of aliphatic carboxylic acids is 1. The molecule has 0 aliphatic carbocycles. The van der Waals surface area contributed by atoms with Crippen LogP contribution in [-0.4, -0.2) is 57.5 Å². The molecule has 7 nitrogen and oxygen atoms in total. The van der Waals surface area contributed by atoms with Gasteiger partial charge in [-0.05, 0) is 31.4 Å².